The summed E-state index contributed by atoms with van der Waals surface area (Å²) in [6, 6.07) is 33.7. The van der Waals surface area contributed by atoms with E-state index in [4.69, 9.17) is 23.7 Å². The standard InChI is InChI=1S/C38H49N3O5/c1-2-18-42-19-20-43-21-22-44-23-24-45-25-26-46-30-38-27-34-35(31-12-6-3-7-13-31)40(29-38)37(33-16-10-5-11-17-33)41(34)36(39-28-38)32-14-8-4-9-15-32/h2-17,34-37,39H,1,18-30H2. The Bertz CT molecular complexity index is 1320. The number of fused-ring (bicyclic) bond motifs is 2. The van der Waals surface area contributed by atoms with Crippen LogP contribution in [-0.4, -0.2) is 95.0 Å². The predicted molar refractivity (Wildman–Crippen MR) is 179 cm³/mol. The van der Waals surface area contributed by atoms with Crippen LogP contribution >= 0.6 is 0 Å². The summed E-state index contributed by atoms with van der Waals surface area (Å²) in [7, 11) is 0. The molecule has 0 radical (unpaired) electrons. The van der Waals surface area contributed by atoms with Crippen LogP contribution in [0.5, 0.6) is 0 Å². The van der Waals surface area contributed by atoms with Gasteiger partial charge in [-0.15, -0.1) is 6.58 Å². The number of piperidine rings is 1. The molecule has 1 N–H and O–H groups in total. The van der Waals surface area contributed by atoms with Gasteiger partial charge >= 0.3 is 0 Å². The number of benzene rings is 3. The van der Waals surface area contributed by atoms with Crippen molar-refractivity contribution in [2.24, 2.45) is 5.41 Å². The van der Waals surface area contributed by atoms with Crippen LogP contribution in [0.3, 0.4) is 0 Å². The highest BCUT2D eigenvalue weighted by Crippen LogP contribution is 2.57. The van der Waals surface area contributed by atoms with Gasteiger partial charge in [0.1, 0.15) is 0 Å². The topological polar surface area (TPSA) is 64.7 Å². The van der Waals surface area contributed by atoms with Crippen LogP contribution in [0, 0.1) is 5.41 Å². The van der Waals surface area contributed by atoms with Crippen molar-refractivity contribution in [3.8, 4) is 0 Å². The molecule has 3 aromatic carbocycles. The van der Waals surface area contributed by atoms with Gasteiger partial charge in [0.25, 0.3) is 0 Å². The maximum atomic E-state index is 6.41. The van der Waals surface area contributed by atoms with Crippen molar-refractivity contribution in [1.29, 1.82) is 0 Å². The number of ether oxygens (including phenoxy) is 5. The van der Waals surface area contributed by atoms with Crippen LogP contribution in [0.4, 0.5) is 0 Å². The molecule has 0 aliphatic carbocycles. The molecule has 3 aliphatic rings. The second kappa shape index (κ2) is 16.8. The lowest BCUT2D eigenvalue weighted by Gasteiger charge is -2.46. The third-order valence-electron chi connectivity index (χ3n) is 9.32. The van der Waals surface area contributed by atoms with Crippen molar-refractivity contribution in [1.82, 2.24) is 15.1 Å². The Morgan fingerprint density at radius 2 is 1.20 bits per heavy atom. The van der Waals surface area contributed by atoms with Gasteiger partial charge in [0.15, 0.2) is 0 Å². The molecule has 3 aromatic rings. The summed E-state index contributed by atoms with van der Waals surface area (Å²) in [6.45, 7) is 11.2. The molecule has 6 atom stereocenters. The third-order valence-corrected chi connectivity index (χ3v) is 9.32. The van der Waals surface area contributed by atoms with Gasteiger partial charge in [0.2, 0.25) is 0 Å². The number of hydrogen-bond donors (Lipinski definition) is 1. The van der Waals surface area contributed by atoms with Crippen LogP contribution in [0.2, 0.25) is 0 Å². The molecule has 3 heterocycles. The maximum absolute atomic E-state index is 6.41. The molecule has 246 valence electrons. The van der Waals surface area contributed by atoms with Crippen LogP contribution in [0.25, 0.3) is 0 Å². The van der Waals surface area contributed by atoms with Gasteiger partial charge in [-0.05, 0) is 23.1 Å². The van der Waals surface area contributed by atoms with Crippen LogP contribution in [0.1, 0.15) is 41.5 Å². The molecular weight excluding hydrogens is 578 g/mol. The Morgan fingerprint density at radius 1 is 0.674 bits per heavy atom. The van der Waals surface area contributed by atoms with E-state index in [1.54, 1.807) is 6.08 Å². The van der Waals surface area contributed by atoms with Crippen molar-refractivity contribution >= 4 is 0 Å². The lowest BCUT2D eigenvalue weighted by molar-refractivity contribution is -0.0451. The second-order valence-electron chi connectivity index (χ2n) is 12.5. The summed E-state index contributed by atoms with van der Waals surface area (Å²) in [6.07, 6.45) is 3.07. The van der Waals surface area contributed by atoms with E-state index in [0.29, 0.717) is 78.2 Å². The van der Waals surface area contributed by atoms with Gasteiger partial charge in [0, 0.05) is 24.5 Å². The summed E-state index contributed by atoms with van der Waals surface area (Å²) in [5.41, 5.74) is 4.02. The summed E-state index contributed by atoms with van der Waals surface area (Å²) in [5.74, 6) is 0. The summed E-state index contributed by atoms with van der Waals surface area (Å²) < 4.78 is 28.6. The highest BCUT2D eigenvalue weighted by Gasteiger charge is 2.60. The van der Waals surface area contributed by atoms with Gasteiger partial charge in [-0.2, -0.15) is 0 Å². The summed E-state index contributed by atoms with van der Waals surface area (Å²) >= 11 is 0. The molecular formula is C38H49N3O5. The molecule has 46 heavy (non-hydrogen) atoms. The van der Waals surface area contributed by atoms with Gasteiger partial charge in [-0.1, -0.05) is 97.1 Å². The molecule has 6 rings (SSSR count). The Hall–Kier alpha value is -2.92. The van der Waals surface area contributed by atoms with E-state index < -0.39 is 0 Å². The van der Waals surface area contributed by atoms with Crippen molar-refractivity contribution in [3.05, 3.63) is 120 Å². The lowest BCUT2D eigenvalue weighted by atomic mass is 9.75. The zero-order chi connectivity index (χ0) is 31.4. The fraction of sp³-hybridized carbons (Fsp3) is 0.474. The van der Waals surface area contributed by atoms with Crippen molar-refractivity contribution in [2.75, 3.05) is 79.2 Å². The lowest BCUT2D eigenvalue weighted by Crippen LogP contribution is -2.52. The average Bonchev–Trinajstić information content (AvgIpc) is 3.22. The fourth-order valence-corrected chi connectivity index (χ4v) is 7.43. The Balaban J connectivity index is 1.07. The van der Waals surface area contributed by atoms with Gasteiger partial charge in [0.05, 0.1) is 84.4 Å². The van der Waals surface area contributed by atoms with Gasteiger partial charge < -0.3 is 23.7 Å². The molecule has 8 heteroatoms. The first-order valence-electron chi connectivity index (χ1n) is 16.7. The first kappa shape index (κ1) is 33.0. The molecule has 0 amide bonds. The fourth-order valence-electron chi connectivity index (χ4n) is 7.43. The number of nitrogens with one attached hydrogen (secondary N) is 1. The molecule has 3 aliphatic heterocycles. The normalized spacial score (nSPS) is 27.1. The minimum atomic E-state index is -0.0128. The predicted octanol–water partition coefficient (Wildman–Crippen LogP) is 5.37. The first-order chi connectivity index (χ1) is 22.8. The smallest absolute Gasteiger partial charge is 0.0910 e. The first-order valence-corrected chi connectivity index (χ1v) is 16.7. The van der Waals surface area contributed by atoms with Gasteiger partial charge in [-0.3, -0.25) is 15.1 Å². The molecule has 3 saturated heterocycles. The molecule has 8 nitrogen and oxygen atoms in total. The highest BCUT2D eigenvalue weighted by atomic mass is 16.6. The van der Waals surface area contributed by atoms with Crippen molar-refractivity contribution in [2.45, 2.75) is 30.8 Å². The van der Waals surface area contributed by atoms with E-state index in [9.17, 15) is 0 Å². The Kier molecular flexibility index (Phi) is 12.0. The Morgan fingerprint density at radius 3 is 1.78 bits per heavy atom. The van der Waals surface area contributed by atoms with Crippen LogP contribution in [-0.2, 0) is 23.7 Å². The molecule has 0 saturated carbocycles. The zero-order valence-corrected chi connectivity index (χ0v) is 26.9. The molecule has 3 bridgehead atoms. The zero-order valence-electron chi connectivity index (χ0n) is 26.9. The minimum absolute atomic E-state index is 0.0128. The summed E-state index contributed by atoms with van der Waals surface area (Å²) in [5, 5.41) is 4.02. The maximum Gasteiger partial charge on any atom is 0.0910 e. The van der Waals surface area contributed by atoms with E-state index in [0.717, 1.165) is 19.5 Å². The van der Waals surface area contributed by atoms with Crippen molar-refractivity contribution in [3.63, 3.8) is 0 Å². The largest absolute Gasteiger partial charge is 0.378 e. The Labute approximate surface area is 274 Å². The second-order valence-corrected chi connectivity index (χ2v) is 12.5. The quantitative estimate of drug-likeness (QED) is 0.141. The molecule has 0 spiro atoms. The van der Waals surface area contributed by atoms with Crippen LogP contribution in [0.15, 0.2) is 104 Å². The number of hydrogen-bond acceptors (Lipinski definition) is 8. The van der Waals surface area contributed by atoms with E-state index in [2.05, 4.69) is 113 Å². The van der Waals surface area contributed by atoms with Crippen molar-refractivity contribution < 1.29 is 23.7 Å². The highest BCUT2D eigenvalue weighted by molar-refractivity contribution is 5.32. The molecule has 0 aromatic heterocycles. The van der Waals surface area contributed by atoms with Gasteiger partial charge in [-0.25, -0.2) is 0 Å². The monoisotopic (exact) mass is 627 g/mol. The SMILES string of the molecule is C=CCOCCOCCOCCOCCOCC12CNC(c3ccccc3)N3C(C1)C(c1ccccc1)N(C2)C3c1ccccc1. The summed E-state index contributed by atoms with van der Waals surface area (Å²) in [4.78, 5) is 5.51. The number of nitrogens with zero attached hydrogens (tertiary/aromatic N) is 2. The van der Waals surface area contributed by atoms with E-state index in [-0.39, 0.29) is 17.7 Å². The number of rotatable bonds is 19. The minimum Gasteiger partial charge on any atom is -0.378 e. The van der Waals surface area contributed by atoms with E-state index in [1.807, 2.05) is 0 Å². The molecule has 3 fully saturated rings. The van der Waals surface area contributed by atoms with E-state index >= 15 is 0 Å². The van der Waals surface area contributed by atoms with E-state index in [1.165, 1.54) is 16.7 Å². The van der Waals surface area contributed by atoms with Crippen LogP contribution < -0.4 is 5.32 Å². The third kappa shape index (κ3) is 7.95. The average molecular weight is 628 g/mol. The molecule has 6 unspecified atom stereocenters.